The van der Waals surface area contributed by atoms with Crippen molar-refractivity contribution in [3.05, 3.63) is 35.4 Å². The van der Waals surface area contributed by atoms with Crippen LogP contribution < -0.4 is 0 Å². The lowest BCUT2D eigenvalue weighted by atomic mass is 9.93. The number of benzene rings is 1. The molecule has 0 saturated heterocycles. The summed E-state index contributed by atoms with van der Waals surface area (Å²) in [5.41, 5.74) is 2.07. The first-order valence-corrected chi connectivity index (χ1v) is 5.32. The summed E-state index contributed by atoms with van der Waals surface area (Å²) in [5, 5.41) is 0. The molecule has 1 atom stereocenters. The van der Waals surface area contributed by atoms with Gasteiger partial charge in [-0.25, -0.2) is 0 Å². The summed E-state index contributed by atoms with van der Waals surface area (Å²) in [6.45, 7) is 6.13. The van der Waals surface area contributed by atoms with E-state index in [4.69, 9.17) is 0 Å². The van der Waals surface area contributed by atoms with E-state index in [-0.39, 0.29) is 11.7 Å². The normalized spacial score (nSPS) is 12.5. The van der Waals surface area contributed by atoms with Crippen molar-refractivity contribution in [1.29, 1.82) is 0 Å². The summed E-state index contributed by atoms with van der Waals surface area (Å²) in [5.74, 6) is 0.424. The largest absolute Gasteiger partial charge is 0.294 e. The Morgan fingerprint density at radius 1 is 1.29 bits per heavy atom. The molecular formula is C13H18O. The van der Waals surface area contributed by atoms with E-state index in [1.807, 2.05) is 31.2 Å². The smallest absolute Gasteiger partial charge is 0.165 e. The Kier molecular flexibility index (Phi) is 3.87. The van der Waals surface area contributed by atoms with Gasteiger partial charge in [0.05, 0.1) is 0 Å². The zero-order valence-corrected chi connectivity index (χ0v) is 9.21. The molecule has 0 aliphatic rings. The number of hydrogen-bond acceptors (Lipinski definition) is 1. The van der Waals surface area contributed by atoms with Gasteiger partial charge in [0.15, 0.2) is 5.78 Å². The number of carbonyl (C=O) groups excluding carboxylic acids is 1. The Labute approximate surface area is 86.1 Å². The van der Waals surface area contributed by atoms with Crippen molar-refractivity contribution in [1.82, 2.24) is 0 Å². The second kappa shape index (κ2) is 4.94. The molecule has 0 N–H and O–H groups in total. The van der Waals surface area contributed by atoms with Crippen molar-refractivity contribution < 1.29 is 4.79 Å². The summed E-state index contributed by atoms with van der Waals surface area (Å²) in [7, 11) is 0. The minimum atomic E-state index is 0.141. The molecular weight excluding hydrogens is 172 g/mol. The van der Waals surface area contributed by atoms with Gasteiger partial charge in [0.25, 0.3) is 0 Å². The molecule has 0 bridgehead atoms. The van der Waals surface area contributed by atoms with Gasteiger partial charge in [-0.1, -0.05) is 45.0 Å². The minimum Gasteiger partial charge on any atom is -0.294 e. The van der Waals surface area contributed by atoms with Gasteiger partial charge in [0.1, 0.15) is 0 Å². The van der Waals surface area contributed by atoms with Crippen LogP contribution in [-0.2, 0) is 6.42 Å². The third-order valence-electron chi connectivity index (χ3n) is 2.72. The number of aryl methyl sites for hydroxylation is 1. The van der Waals surface area contributed by atoms with E-state index in [0.717, 1.165) is 24.0 Å². The fourth-order valence-electron chi connectivity index (χ4n) is 1.52. The van der Waals surface area contributed by atoms with Crippen LogP contribution in [-0.4, -0.2) is 5.78 Å². The molecule has 0 saturated carbocycles. The lowest BCUT2D eigenvalue weighted by Gasteiger charge is -2.10. The molecule has 0 aliphatic heterocycles. The summed E-state index contributed by atoms with van der Waals surface area (Å²) >= 11 is 0. The predicted octanol–water partition coefficient (Wildman–Crippen LogP) is 3.48. The molecule has 76 valence electrons. The molecule has 14 heavy (non-hydrogen) atoms. The van der Waals surface area contributed by atoms with Crippen LogP contribution >= 0.6 is 0 Å². The van der Waals surface area contributed by atoms with Crippen LogP contribution in [0, 0.1) is 5.92 Å². The number of Topliss-reactive ketones (excluding diaryl/α,β-unsaturated/α-hetero) is 1. The lowest BCUT2D eigenvalue weighted by molar-refractivity contribution is 0.0926. The van der Waals surface area contributed by atoms with Crippen molar-refractivity contribution >= 4 is 5.78 Å². The maximum atomic E-state index is 12.0. The Bertz CT molecular complexity index is 315. The Morgan fingerprint density at radius 2 is 1.93 bits per heavy atom. The summed E-state index contributed by atoms with van der Waals surface area (Å²) in [6, 6.07) is 7.91. The fraction of sp³-hybridized carbons (Fsp3) is 0.462. The van der Waals surface area contributed by atoms with Crippen molar-refractivity contribution in [2.75, 3.05) is 0 Å². The first kappa shape index (κ1) is 11.0. The van der Waals surface area contributed by atoms with Crippen LogP contribution in [0.2, 0.25) is 0 Å². The standard InChI is InChI=1S/C13H18O/c1-4-10(3)13(14)12-9-7-6-8-11(12)5-2/h6-10H,4-5H2,1-3H3. The highest BCUT2D eigenvalue weighted by Gasteiger charge is 2.15. The molecule has 0 fully saturated rings. The molecule has 0 amide bonds. The molecule has 0 aliphatic carbocycles. The first-order valence-electron chi connectivity index (χ1n) is 5.32. The average molecular weight is 190 g/mol. The Hall–Kier alpha value is -1.11. The first-order chi connectivity index (χ1) is 6.70. The number of rotatable bonds is 4. The van der Waals surface area contributed by atoms with E-state index in [1.165, 1.54) is 0 Å². The van der Waals surface area contributed by atoms with Gasteiger partial charge in [0, 0.05) is 11.5 Å². The van der Waals surface area contributed by atoms with E-state index in [0.29, 0.717) is 0 Å². The lowest BCUT2D eigenvalue weighted by Crippen LogP contribution is -2.12. The molecule has 1 nitrogen and oxygen atoms in total. The SMILES string of the molecule is CCc1ccccc1C(=O)C(C)CC. The van der Waals surface area contributed by atoms with E-state index >= 15 is 0 Å². The molecule has 1 heteroatoms. The Balaban J connectivity index is 3.00. The van der Waals surface area contributed by atoms with Gasteiger partial charge < -0.3 is 0 Å². The van der Waals surface area contributed by atoms with E-state index in [2.05, 4.69) is 13.8 Å². The summed E-state index contributed by atoms with van der Waals surface area (Å²) in [4.78, 5) is 12.0. The van der Waals surface area contributed by atoms with Crippen LogP contribution in [0.1, 0.15) is 43.1 Å². The summed E-state index contributed by atoms with van der Waals surface area (Å²) < 4.78 is 0. The third-order valence-corrected chi connectivity index (χ3v) is 2.72. The highest BCUT2D eigenvalue weighted by atomic mass is 16.1. The molecule has 0 radical (unpaired) electrons. The van der Waals surface area contributed by atoms with Crippen LogP contribution in [0.25, 0.3) is 0 Å². The molecule has 0 heterocycles. The van der Waals surface area contributed by atoms with E-state index < -0.39 is 0 Å². The zero-order valence-electron chi connectivity index (χ0n) is 9.21. The van der Waals surface area contributed by atoms with Gasteiger partial charge in [-0.2, -0.15) is 0 Å². The molecule has 1 aromatic carbocycles. The Morgan fingerprint density at radius 3 is 2.50 bits per heavy atom. The second-order valence-electron chi connectivity index (χ2n) is 3.68. The minimum absolute atomic E-state index is 0.141. The summed E-state index contributed by atoms with van der Waals surface area (Å²) in [6.07, 6.45) is 1.84. The number of ketones is 1. The molecule has 1 rings (SSSR count). The van der Waals surface area contributed by atoms with Crippen LogP contribution in [0.15, 0.2) is 24.3 Å². The van der Waals surface area contributed by atoms with Crippen LogP contribution in [0.4, 0.5) is 0 Å². The van der Waals surface area contributed by atoms with Crippen LogP contribution in [0.5, 0.6) is 0 Å². The highest BCUT2D eigenvalue weighted by Crippen LogP contribution is 2.16. The number of hydrogen-bond donors (Lipinski definition) is 0. The van der Waals surface area contributed by atoms with Gasteiger partial charge in [-0.05, 0) is 18.4 Å². The van der Waals surface area contributed by atoms with Gasteiger partial charge in [-0.3, -0.25) is 4.79 Å². The molecule has 1 unspecified atom stereocenters. The predicted molar refractivity (Wildman–Crippen MR) is 59.6 cm³/mol. The van der Waals surface area contributed by atoms with E-state index in [1.54, 1.807) is 0 Å². The van der Waals surface area contributed by atoms with Gasteiger partial charge >= 0.3 is 0 Å². The third kappa shape index (κ3) is 2.22. The average Bonchev–Trinajstić information content (AvgIpc) is 2.26. The zero-order chi connectivity index (χ0) is 10.6. The quantitative estimate of drug-likeness (QED) is 0.664. The monoisotopic (exact) mass is 190 g/mol. The van der Waals surface area contributed by atoms with Crippen molar-refractivity contribution in [2.45, 2.75) is 33.6 Å². The maximum absolute atomic E-state index is 12.0. The van der Waals surface area contributed by atoms with Gasteiger partial charge in [0.2, 0.25) is 0 Å². The molecule has 1 aromatic rings. The van der Waals surface area contributed by atoms with Crippen molar-refractivity contribution in [3.8, 4) is 0 Å². The van der Waals surface area contributed by atoms with E-state index in [9.17, 15) is 4.79 Å². The van der Waals surface area contributed by atoms with Crippen LogP contribution in [0.3, 0.4) is 0 Å². The maximum Gasteiger partial charge on any atom is 0.165 e. The van der Waals surface area contributed by atoms with Crippen molar-refractivity contribution in [2.24, 2.45) is 5.92 Å². The number of carbonyl (C=O) groups is 1. The molecule has 0 aromatic heterocycles. The fourth-order valence-corrected chi connectivity index (χ4v) is 1.52. The topological polar surface area (TPSA) is 17.1 Å². The van der Waals surface area contributed by atoms with Crippen molar-refractivity contribution in [3.63, 3.8) is 0 Å². The molecule has 0 spiro atoms. The second-order valence-corrected chi connectivity index (χ2v) is 3.68. The van der Waals surface area contributed by atoms with Gasteiger partial charge in [-0.15, -0.1) is 0 Å². The highest BCUT2D eigenvalue weighted by molar-refractivity contribution is 5.98.